The molecule has 4 heterocycles. The number of hydrogen-bond acceptors (Lipinski definition) is 7. The van der Waals surface area contributed by atoms with Gasteiger partial charge in [-0.1, -0.05) is 0 Å². The van der Waals surface area contributed by atoms with Crippen LogP contribution in [0.1, 0.15) is 19.8 Å². The molecule has 0 atom stereocenters. The van der Waals surface area contributed by atoms with Gasteiger partial charge in [-0.3, -0.25) is 14.9 Å². The number of likely N-dealkylation sites (tertiary alicyclic amines) is 1. The molecular formula is C22H28N6O2. The number of amides is 1. The molecule has 0 unspecified atom stereocenters. The standard InChI is InChI=1S/C22H28N6O2/c1-2-30-21(29)28-15-22(16-28)12-17(13-22)26-8-10-27(11-9-26)20-18(4-3-5-25-20)19-14-23-6-7-24-19/h3-7,14,17H,2,8-13,15-16H2,1H3. The van der Waals surface area contributed by atoms with Crippen LogP contribution in [0.3, 0.4) is 0 Å². The van der Waals surface area contributed by atoms with Gasteiger partial charge >= 0.3 is 6.09 Å². The molecule has 1 saturated carbocycles. The van der Waals surface area contributed by atoms with E-state index in [1.165, 1.54) is 12.8 Å². The lowest BCUT2D eigenvalue weighted by molar-refractivity contribution is -0.100. The van der Waals surface area contributed by atoms with Gasteiger partial charge in [-0.05, 0) is 31.9 Å². The molecule has 1 spiro atoms. The molecule has 3 aliphatic rings. The number of aromatic nitrogens is 3. The molecular weight excluding hydrogens is 380 g/mol. The van der Waals surface area contributed by atoms with E-state index in [1.54, 1.807) is 18.6 Å². The first-order valence-corrected chi connectivity index (χ1v) is 10.8. The van der Waals surface area contributed by atoms with E-state index in [1.807, 2.05) is 24.1 Å². The SMILES string of the molecule is CCOC(=O)N1CC2(CC(N3CCN(c4ncccc4-c4cnccn4)CC3)C2)C1. The highest BCUT2D eigenvalue weighted by atomic mass is 16.6. The van der Waals surface area contributed by atoms with Crippen LogP contribution in [0.25, 0.3) is 11.3 Å². The molecule has 30 heavy (non-hydrogen) atoms. The lowest BCUT2D eigenvalue weighted by atomic mass is 9.60. The predicted molar refractivity (Wildman–Crippen MR) is 113 cm³/mol. The van der Waals surface area contributed by atoms with Crippen LogP contribution >= 0.6 is 0 Å². The highest BCUT2D eigenvalue weighted by molar-refractivity contribution is 5.72. The number of hydrogen-bond donors (Lipinski definition) is 0. The normalized spacial score (nSPS) is 21.2. The maximum absolute atomic E-state index is 11.8. The van der Waals surface area contributed by atoms with Crippen molar-refractivity contribution in [3.8, 4) is 11.3 Å². The molecule has 2 aromatic heterocycles. The zero-order chi connectivity index (χ0) is 20.6. The van der Waals surface area contributed by atoms with Crippen molar-refractivity contribution < 1.29 is 9.53 Å². The van der Waals surface area contributed by atoms with Gasteiger partial charge in [0.2, 0.25) is 0 Å². The summed E-state index contributed by atoms with van der Waals surface area (Å²) in [4.78, 5) is 31.9. The number of carbonyl (C=O) groups is 1. The molecule has 2 saturated heterocycles. The first kappa shape index (κ1) is 19.2. The summed E-state index contributed by atoms with van der Waals surface area (Å²) in [5.41, 5.74) is 2.24. The third-order valence-corrected chi connectivity index (χ3v) is 6.67. The maximum atomic E-state index is 11.8. The zero-order valence-electron chi connectivity index (χ0n) is 17.4. The minimum atomic E-state index is -0.158. The highest BCUT2D eigenvalue weighted by Gasteiger charge is 2.55. The second-order valence-electron chi connectivity index (χ2n) is 8.61. The Kier molecular flexibility index (Phi) is 5.02. The Hall–Kier alpha value is -2.74. The molecule has 0 aromatic carbocycles. The van der Waals surface area contributed by atoms with Crippen LogP contribution in [-0.2, 0) is 4.74 Å². The van der Waals surface area contributed by atoms with Crippen LogP contribution in [0, 0.1) is 5.41 Å². The Bertz CT molecular complexity index is 886. The highest BCUT2D eigenvalue weighted by Crippen LogP contribution is 2.50. The number of pyridine rings is 1. The van der Waals surface area contributed by atoms with Gasteiger partial charge in [0.25, 0.3) is 0 Å². The van der Waals surface area contributed by atoms with E-state index < -0.39 is 0 Å². The van der Waals surface area contributed by atoms with Crippen molar-refractivity contribution in [2.24, 2.45) is 5.41 Å². The van der Waals surface area contributed by atoms with Crippen LogP contribution in [-0.4, -0.2) is 82.8 Å². The maximum Gasteiger partial charge on any atom is 0.409 e. The third-order valence-electron chi connectivity index (χ3n) is 6.67. The molecule has 5 rings (SSSR count). The Morgan fingerprint density at radius 2 is 1.93 bits per heavy atom. The summed E-state index contributed by atoms with van der Waals surface area (Å²) in [6.07, 6.45) is 9.28. The molecule has 2 aliphatic heterocycles. The van der Waals surface area contributed by atoms with Gasteiger partial charge in [0.15, 0.2) is 0 Å². The van der Waals surface area contributed by atoms with Crippen LogP contribution in [0.15, 0.2) is 36.9 Å². The average molecular weight is 409 g/mol. The van der Waals surface area contributed by atoms with Crippen molar-refractivity contribution in [3.05, 3.63) is 36.9 Å². The molecule has 2 aromatic rings. The molecule has 1 amide bonds. The Balaban J connectivity index is 1.15. The second-order valence-corrected chi connectivity index (χ2v) is 8.61. The van der Waals surface area contributed by atoms with E-state index >= 15 is 0 Å². The molecule has 8 heteroatoms. The van der Waals surface area contributed by atoms with E-state index in [-0.39, 0.29) is 6.09 Å². The molecule has 1 aliphatic carbocycles. The number of anilines is 1. The number of carbonyl (C=O) groups excluding carboxylic acids is 1. The molecule has 0 radical (unpaired) electrons. The lowest BCUT2D eigenvalue weighted by Crippen LogP contribution is -2.68. The zero-order valence-corrected chi connectivity index (χ0v) is 17.4. The first-order valence-electron chi connectivity index (χ1n) is 10.8. The van der Waals surface area contributed by atoms with E-state index in [9.17, 15) is 4.79 Å². The van der Waals surface area contributed by atoms with Gasteiger partial charge in [0.05, 0.1) is 18.5 Å². The van der Waals surface area contributed by atoms with Crippen molar-refractivity contribution >= 4 is 11.9 Å². The number of nitrogens with zero attached hydrogens (tertiary/aromatic N) is 6. The summed E-state index contributed by atoms with van der Waals surface area (Å²) in [5.74, 6) is 0.992. The molecule has 0 bridgehead atoms. The smallest absolute Gasteiger partial charge is 0.409 e. The van der Waals surface area contributed by atoms with Gasteiger partial charge in [-0.2, -0.15) is 0 Å². The summed E-state index contributed by atoms with van der Waals surface area (Å²) in [6.45, 7) is 8.02. The Morgan fingerprint density at radius 1 is 1.13 bits per heavy atom. The molecule has 8 nitrogen and oxygen atoms in total. The number of piperazine rings is 1. The summed E-state index contributed by atoms with van der Waals surface area (Å²) in [6, 6.07) is 4.66. The number of rotatable bonds is 4. The monoisotopic (exact) mass is 408 g/mol. The van der Waals surface area contributed by atoms with Gasteiger partial charge in [0, 0.05) is 74.9 Å². The topological polar surface area (TPSA) is 74.7 Å². The summed E-state index contributed by atoms with van der Waals surface area (Å²) < 4.78 is 5.10. The van der Waals surface area contributed by atoms with E-state index in [4.69, 9.17) is 4.74 Å². The molecule has 158 valence electrons. The van der Waals surface area contributed by atoms with Crippen molar-refractivity contribution in [2.75, 3.05) is 50.8 Å². The Labute approximate surface area is 176 Å². The van der Waals surface area contributed by atoms with E-state index in [2.05, 4.69) is 30.8 Å². The van der Waals surface area contributed by atoms with E-state index in [0.717, 1.165) is 56.3 Å². The fraction of sp³-hybridized carbons (Fsp3) is 0.545. The number of ether oxygens (including phenoxy) is 1. The van der Waals surface area contributed by atoms with Gasteiger partial charge in [-0.25, -0.2) is 9.78 Å². The molecule has 3 fully saturated rings. The fourth-order valence-corrected chi connectivity index (χ4v) is 5.15. The second kappa shape index (κ2) is 7.83. The summed E-state index contributed by atoms with van der Waals surface area (Å²) >= 11 is 0. The first-order chi connectivity index (χ1) is 14.7. The summed E-state index contributed by atoms with van der Waals surface area (Å²) in [5, 5.41) is 0. The van der Waals surface area contributed by atoms with Crippen molar-refractivity contribution in [3.63, 3.8) is 0 Å². The van der Waals surface area contributed by atoms with Crippen LogP contribution in [0.5, 0.6) is 0 Å². The van der Waals surface area contributed by atoms with Crippen LogP contribution in [0.4, 0.5) is 10.6 Å². The van der Waals surface area contributed by atoms with Crippen molar-refractivity contribution in [1.29, 1.82) is 0 Å². The lowest BCUT2D eigenvalue weighted by Gasteiger charge is -2.61. The van der Waals surface area contributed by atoms with Crippen LogP contribution < -0.4 is 4.90 Å². The van der Waals surface area contributed by atoms with Crippen molar-refractivity contribution in [1.82, 2.24) is 24.8 Å². The quantitative estimate of drug-likeness (QED) is 0.768. The summed E-state index contributed by atoms with van der Waals surface area (Å²) in [7, 11) is 0. The van der Waals surface area contributed by atoms with Crippen molar-refractivity contribution in [2.45, 2.75) is 25.8 Å². The van der Waals surface area contributed by atoms with Gasteiger partial charge in [0.1, 0.15) is 5.82 Å². The Morgan fingerprint density at radius 3 is 2.63 bits per heavy atom. The van der Waals surface area contributed by atoms with Crippen LogP contribution in [0.2, 0.25) is 0 Å². The third kappa shape index (κ3) is 3.49. The largest absolute Gasteiger partial charge is 0.450 e. The predicted octanol–water partition coefficient (Wildman–Crippen LogP) is 2.28. The van der Waals surface area contributed by atoms with Gasteiger partial charge in [-0.15, -0.1) is 0 Å². The average Bonchev–Trinajstić information content (AvgIpc) is 2.73. The minimum absolute atomic E-state index is 0.158. The van der Waals surface area contributed by atoms with E-state index in [0.29, 0.717) is 18.1 Å². The fourth-order valence-electron chi connectivity index (χ4n) is 5.15. The molecule has 0 N–H and O–H groups in total. The minimum Gasteiger partial charge on any atom is -0.450 e. The van der Waals surface area contributed by atoms with Gasteiger partial charge < -0.3 is 14.5 Å².